The highest BCUT2D eigenvalue weighted by Crippen LogP contribution is 2.27. The van der Waals surface area contributed by atoms with Crippen molar-refractivity contribution in [2.45, 2.75) is 57.4 Å². The first-order chi connectivity index (χ1) is 9.72. The van der Waals surface area contributed by atoms with E-state index in [1.54, 1.807) is 0 Å². The van der Waals surface area contributed by atoms with Crippen LogP contribution in [0.4, 0.5) is 8.78 Å². The number of rotatable bonds is 4. The zero-order valence-corrected chi connectivity index (χ0v) is 11.9. The summed E-state index contributed by atoms with van der Waals surface area (Å²) in [5, 5.41) is 0. The van der Waals surface area contributed by atoms with Gasteiger partial charge in [0, 0.05) is 11.6 Å². The Balaban J connectivity index is 2.07. The number of halogens is 2. The summed E-state index contributed by atoms with van der Waals surface area (Å²) in [6, 6.07) is 3.96. The number of nitrogens with one attached hydrogen (secondary N) is 1. The van der Waals surface area contributed by atoms with Gasteiger partial charge >= 0.3 is 0 Å². The third-order valence-corrected chi connectivity index (χ3v) is 4.42. The van der Waals surface area contributed by atoms with Gasteiger partial charge in [-0.2, -0.15) is 0 Å². The average Bonchev–Trinajstić information content (AvgIpc) is 2.39. The fourth-order valence-electron chi connectivity index (χ4n) is 3.20. The number of hydrazine groups is 1. The lowest BCUT2D eigenvalue weighted by molar-refractivity contribution is 0.281. The Labute approximate surface area is 119 Å². The van der Waals surface area contributed by atoms with E-state index in [0.717, 1.165) is 12.8 Å². The highest BCUT2D eigenvalue weighted by Gasteiger charge is 2.23. The van der Waals surface area contributed by atoms with E-state index < -0.39 is 11.6 Å². The summed E-state index contributed by atoms with van der Waals surface area (Å²) < 4.78 is 27.5. The maximum absolute atomic E-state index is 13.8. The van der Waals surface area contributed by atoms with E-state index >= 15 is 0 Å². The van der Waals surface area contributed by atoms with Crippen LogP contribution >= 0.6 is 0 Å². The second-order valence-corrected chi connectivity index (χ2v) is 5.78. The Morgan fingerprint density at radius 3 is 2.15 bits per heavy atom. The zero-order chi connectivity index (χ0) is 14.4. The number of hydrogen-bond donors (Lipinski definition) is 2. The van der Waals surface area contributed by atoms with Gasteiger partial charge in [-0.25, -0.2) is 8.78 Å². The second-order valence-electron chi connectivity index (χ2n) is 5.78. The number of benzene rings is 1. The maximum Gasteiger partial charge on any atom is 0.129 e. The minimum atomic E-state index is -0.476. The van der Waals surface area contributed by atoms with Crippen molar-refractivity contribution in [3.05, 3.63) is 35.4 Å². The minimum absolute atomic E-state index is 0.0560. The first-order valence-corrected chi connectivity index (χ1v) is 7.61. The molecule has 4 heteroatoms. The SMILES string of the molecule is NNC(Cc1c(F)cccc1F)C1CCCCCCC1. The standard InChI is InChI=1S/C16H24F2N2/c17-14-9-6-10-15(18)13(14)11-16(20-19)12-7-4-2-1-3-5-8-12/h6,9-10,12,16,20H,1-5,7-8,11,19H2. The topological polar surface area (TPSA) is 38.0 Å². The van der Waals surface area contributed by atoms with Crippen LogP contribution in [0.3, 0.4) is 0 Å². The third kappa shape index (κ3) is 4.00. The predicted molar refractivity (Wildman–Crippen MR) is 77.0 cm³/mol. The van der Waals surface area contributed by atoms with Gasteiger partial charge in [-0.3, -0.25) is 11.3 Å². The third-order valence-electron chi connectivity index (χ3n) is 4.42. The molecule has 0 amide bonds. The molecular formula is C16H24F2N2. The summed E-state index contributed by atoms with van der Waals surface area (Å²) >= 11 is 0. The summed E-state index contributed by atoms with van der Waals surface area (Å²) in [6.45, 7) is 0. The van der Waals surface area contributed by atoms with Gasteiger partial charge in [-0.05, 0) is 37.3 Å². The lowest BCUT2D eigenvalue weighted by Crippen LogP contribution is -2.43. The van der Waals surface area contributed by atoms with Crippen LogP contribution in [0.1, 0.15) is 50.5 Å². The van der Waals surface area contributed by atoms with Crippen molar-refractivity contribution < 1.29 is 8.78 Å². The molecule has 1 saturated carbocycles. The predicted octanol–water partition coefficient (Wildman–Crippen LogP) is 3.70. The highest BCUT2D eigenvalue weighted by atomic mass is 19.1. The fourth-order valence-corrected chi connectivity index (χ4v) is 3.20. The molecule has 20 heavy (non-hydrogen) atoms. The van der Waals surface area contributed by atoms with Crippen LogP contribution in [-0.4, -0.2) is 6.04 Å². The first kappa shape index (κ1) is 15.4. The molecule has 2 rings (SSSR count). The van der Waals surface area contributed by atoms with Gasteiger partial charge in [0.25, 0.3) is 0 Å². The van der Waals surface area contributed by atoms with Gasteiger partial charge in [0.15, 0.2) is 0 Å². The summed E-state index contributed by atoms with van der Waals surface area (Å²) in [6.07, 6.45) is 8.67. The van der Waals surface area contributed by atoms with Crippen molar-refractivity contribution in [2.24, 2.45) is 11.8 Å². The maximum atomic E-state index is 13.8. The van der Waals surface area contributed by atoms with Gasteiger partial charge < -0.3 is 0 Å². The van der Waals surface area contributed by atoms with E-state index in [4.69, 9.17) is 5.84 Å². The molecule has 0 saturated heterocycles. The molecule has 1 fully saturated rings. The van der Waals surface area contributed by atoms with Gasteiger partial charge in [-0.15, -0.1) is 0 Å². The summed E-state index contributed by atoms with van der Waals surface area (Å²) in [5.41, 5.74) is 2.94. The summed E-state index contributed by atoms with van der Waals surface area (Å²) in [4.78, 5) is 0. The van der Waals surface area contributed by atoms with Crippen LogP contribution in [0.2, 0.25) is 0 Å². The summed E-state index contributed by atoms with van der Waals surface area (Å²) in [7, 11) is 0. The van der Waals surface area contributed by atoms with Crippen molar-refractivity contribution in [1.82, 2.24) is 5.43 Å². The molecule has 1 aliphatic carbocycles. The van der Waals surface area contributed by atoms with E-state index in [-0.39, 0.29) is 11.6 Å². The van der Waals surface area contributed by atoms with E-state index in [9.17, 15) is 8.78 Å². The Kier molecular flexibility index (Phi) is 5.92. The normalized spacial score (nSPS) is 19.4. The van der Waals surface area contributed by atoms with Gasteiger partial charge in [0.05, 0.1) is 0 Å². The lowest BCUT2D eigenvalue weighted by Gasteiger charge is -2.28. The molecule has 0 radical (unpaired) electrons. The van der Waals surface area contributed by atoms with Crippen molar-refractivity contribution in [2.75, 3.05) is 0 Å². The molecule has 1 aliphatic rings. The van der Waals surface area contributed by atoms with Crippen LogP contribution in [0.5, 0.6) is 0 Å². The largest absolute Gasteiger partial charge is 0.271 e. The van der Waals surface area contributed by atoms with Crippen molar-refractivity contribution >= 4 is 0 Å². The zero-order valence-electron chi connectivity index (χ0n) is 11.9. The Bertz CT molecular complexity index is 395. The molecular weight excluding hydrogens is 258 g/mol. The smallest absolute Gasteiger partial charge is 0.129 e. The molecule has 0 spiro atoms. The van der Waals surface area contributed by atoms with Crippen LogP contribution in [0, 0.1) is 17.6 Å². The van der Waals surface area contributed by atoms with Gasteiger partial charge in [0.1, 0.15) is 11.6 Å². The van der Waals surface area contributed by atoms with E-state index in [0.29, 0.717) is 12.3 Å². The summed E-state index contributed by atoms with van der Waals surface area (Å²) in [5.74, 6) is 5.10. The minimum Gasteiger partial charge on any atom is -0.271 e. The molecule has 1 aromatic rings. The average molecular weight is 282 g/mol. The van der Waals surface area contributed by atoms with Crippen LogP contribution in [-0.2, 0) is 6.42 Å². The highest BCUT2D eigenvalue weighted by molar-refractivity contribution is 5.21. The van der Waals surface area contributed by atoms with E-state index in [2.05, 4.69) is 5.43 Å². The molecule has 3 N–H and O–H groups in total. The van der Waals surface area contributed by atoms with Crippen LogP contribution in [0.25, 0.3) is 0 Å². The molecule has 0 heterocycles. The van der Waals surface area contributed by atoms with Crippen LogP contribution < -0.4 is 11.3 Å². The second kappa shape index (κ2) is 7.70. The van der Waals surface area contributed by atoms with Crippen LogP contribution in [0.15, 0.2) is 18.2 Å². The fraction of sp³-hybridized carbons (Fsp3) is 0.625. The Morgan fingerprint density at radius 2 is 1.60 bits per heavy atom. The molecule has 0 aliphatic heterocycles. The van der Waals surface area contributed by atoms with Gasteiger partial charge in [-0.1, -0.05) is 38.2 Å². The molecule has 0 bridgehead atoms. The van der Waals surface area contributed by atoms with Gasteiger partial charge in [0.2, 0.25) is 0 Å². The molecule has 112 valence electrons. The van der Waals surface area contributed by atoms with E-state index in [1.165, 1.54) is 50.3 Å². The Morgan fingerprint density at radius 1 is 1.05 bits per heavy atom. The van der Waals surface area contributed by atoms with Crippen molar-refractivity contribution in [1.29, 1.82) is 0 Å². The lowest BCUT2D eigenvalue weighted by atomic mass is 9.83. The molecule has 1 unspecified atom stereocenters. The first-order valence-electron chi connectivity index (χ1n) is 7.61. The number of nitrogens with two attached hydrogens (primary N) is 1. The van der Waals surface area contributed by atoms with Crippen molar-refractivity contribution in [3.63, 3.8) is 0 Å². The van der Waals surface area contributed by atoms with Crippen molar-refractivity contribution in [3.8, 4) is 0 Å². The number of hydrogen-bond acceptors (Lipinski definition) is 2. The molecule has 0 aromatic heterocycles. The quantitative estimate of drug-likeness (QED) is 0.653. The molecule has 2 nitrogen and oxygen atoms in total. The monoisotopic (exact) mass is 282 g/mol. The molecule has 1 aromatic carbocycles. The molecule has 1 atom stereocenters. The Hall–Kier alpha value is -1.00. The van der Waals surface area contributed by atoms with E-state index in [1.807, 2.05) is 0 Å².